The molecular weight excluding hydrogens is 342 g/mol. The topological polar surface area (TPSA) is 86.8 Å². The molecule has 136 valence electrons. The van der Waals surface area contributed by atoms with Crippen LogP contribution in [0.4, 0.5) is 4.79 Å². The van der Waals surface area contributed by atoms with Gasteiger partial charge in [-0.1, -0.05) is 30.3 Å². The smallest absolute Gasteiger partial charge is 0.317 e. The molecule has 0 bridgehead atoms. The lowest BCUT2D eigenvalue weighted by Gasteiger charge is -2.35. The van der Waals surface area contributed by atoms with Crippen molar-refractivity contribution < 1.29 is 18.0 Å². The Balaban J connectivity index is 1.45. The summed E-state index contributed by atoms with van der Waals surface area (Å²) >= 11 is 0. The van der Waals surface area contributed by atoms with E-state index in [2.05, 4.69) is 5.32 Å². The van der Waals surface area contributed by atoms with Crippen LogP contribution in [0.15, 0.2) is 30.3 Å². The summed E-state index contributed by atoms with van der Waals surface area (Å²) in [5, 5.41) is 2.88. The molecular formula is C17H23N3O4S. The Morgan fingerprint density at radius 1 is 1.04 bits per heavy atom. The number of carbonyl (C=O) groups is 2. The fourth-order valence-corrected chi connectivity index (χ4v) is 5.00. The minimum Gasteiger partial charge on any atom is -0.339 e. The Morgan fingerprint density at radius 3 is 2.28 bits per heavy atom. The highest BCUT2D eigenvalue weighted by atomic mass is 32.2. The molecule has 0 aliphatic carbocycles. The van der Waals surface area contributed by atoms with Gasteiger partial charge in [0.1, 0.15) is 0 Å². The van der Waals surface area contributed by atoms with Gasteiger partial charge in [0.15, 0.2) is 9.84 Å². The number of amides is 3. The van der Waals surface area contributed by atoms with Crippen molar-refractivity contribution in [2.45, 2.75) is 13.0 Å². The van der Waals surface area contributed by atoms with Crippen molar-refractivity contribution in [3.63, 3.8) is 0 Å². The van der Waals surface area contributed by atoms with Gasteiger partial charge in [-0.3, -0.25) is 4.79 Å². The van der Waals surface area contributed by atoms with Crippen LogP contribution in [0.5, 0.6) is 0 Å². The summed E-state index contributed by atoms with van der Waals surface area (Å²) in [6.45, 7) is 2.30. The van der Waals surface area contributed by atoms with Crippen molar-refractivity contribution in [3.8, 4) is 0 Å². The van der Waals surface area contributed by atoms with E-state index in [0.717, 1.165) is 5.56 Å². The molecule has 2 aliphatic heterocycles. The maximum atomic E-state index is 12.4. The number of hydrogen-bond donors (Lipinski definition) is 1. The van der Waals surface area contributed by atoms with Crippen LogP contribution < -0.4 is 5.32 Å². The Kier molecular flexibility index (Phi) is 5.27. The van der Waals surface area contributed by atoms with E-state index in [-0.39, 0.29) is 23.4 Å². The minimum absolute atomic E-state index is 0.0381. The number of rotatable bonds is 3. The average Bonchev–Trinajstić information content (AvgIpc) is 3.00. The van der Waals surface area contributed by atoms with Gasteiger partial charge in [0, 0.05) is 32.7 Å². The molecule has 1 aromatic carbocycles. The van der Waals surface area contributed by atoms with E-state index in [0.29, 0.717) is 39.1 Å². The van der Waals surface area contributed by atoms with Crippen LogP contribution in [0.3, 0.4) is 0 Å². The third-order valence-corrected chi connectivity index (χ3v) is 6.51. The molecule has 2 aliphatic rings. The maximum Gasteiger partial charge on any atom is 0.317 e. The highest BCUT2D eigenvalue weighted by molar-refractivity contribution is 7.91. The van der Waals surface area contributed by atoms with Crippen molar-refractivity contribution in [1.29, 1.82) is 0 Å². The van der Waals surface area contributed by atoms with Crippen LogP contribution in [0.25, 0.3) is 0 Å². The van der Waals surface area contributed by atoms with Gasteiger partial charge in [-0.05, 0) is 12.0 Å². The number of urea groups is 1. The number of carbonyl (C=O) groups excluding carboxylic acids is 2. The van der Waals surface area contributed by atoms with Crippen LogP contribution in [0, 0.1) is 5.92 Å². The summed E-state index contributed by atoms with van der Waals surface area (Å²) in [6.07, 6.45) is 0.416. The summed E-state index contributed by atoms with van der Waals surface area (Å²) in [6, 6.07) is 9.54. The van der Waals surface area contributed by atoms with Crippen molar-refractivity contribution in [3.05, 3.63) is 35.9 Å². The van der Waals surface area contributed by atoms with Crippen molar-refractivity contribution in [2.24, 2.45) is 5.92 Å². The number of nitrogens with zero attached hydrogens (tertiary/aromatic N) is 2. The number of benzene rings is 1. The van der Waals surface area contributed by atoms with Gasteiger partial charge in [0.05, 0.1) is 17.4 Å². The van der Waals surface area contributed by atoms with E-state index in [1.165, 1.54) is 0 Å². The quantitative estimate of drug-likeness (QED) is 0.844. The number of piperazine rings is 1. The Hall–Kier alpha value is -2.09. The van der Waals surface area contributed by atoms with Gasteiger partial charge < -0.3 is 15.1 Å². The lowest BCUT2D eigenvalue weighted by Crippen LogP contribution is -2.54. The summed E-state index contributed by atoms with van der Waals surface area (Å²) in [5.74, 6) is -0.441. The molecule has 3 amide bonds. The van der Waals surface area contributed by atoms with Crippen LogP contribution in [0.1, 0.15) is 12.0 Å². The number of sulfone groups is 1. The molecule has 7 nitrogen and oxygen atoms in total. The van der Waals surface area contributed by atoms with Gasteiger partial charge in [0.2, 0.25) is 5.91 Å². The molecule has 1 atom stereocenters. The molecule has 0 spiro atoms. The second kappa shape index (κ2) is 7.43. The third-order valence-electron chi connectivity index (χ3n) is 4.75. The molecule has 1 N–H and O–H groups in total. The standard InChI is InChI=1S/C17H23N3O4S/c21-16(15-6-11-25(23,24)13-15)19-7-9-20(10-8-19)17(22)18-12-14-4-2-1-3-5-14/h1-5,15H,6-13H2,(H,18,22)/t15-/m0/s1. The molecule has 25 heavy (non-hydrogen) atoms. The summed E-state index contributed by atoms with van der Waals surface area (Å²) < 4.78 is 23.1. The molecule has 2 fully saturated rings. The van der Waals surface area contributed by atoms with E-state index < -0.39 is 15.8 Å². The molecule has 0 unspecified atom stereocenters. The van der Waals surface area contributed by atoms with E-state index >= 15 is 0 Å². The Morgan fingerprint density at radius 2 is 1.68 bits per heavy atom. The second-order valence-electron chi connectivity index (χ2n) is 6.56. The zero-order valence-electron chi connectivity index (χ0n) is 14.1. The zero-order valence-corrected chi connectivity index (χ0v) is 14.9. The van der Waals surface area contributed by atoms with Gasteiger partial charge in [-0.15, -0.1) is 0 Å². The molecule has 2 saturated heterocycles. The van der Waals surface area contributed by atoms with E-state index in [1.807, 2.05) is 30.3 Å². The zero-order chi connectivity index (χ0) is 17.9. The normalized spacial score (nSPS) is 22.6. The Bertz CT molecular complexity index is 728. The number of nitrogens with one attached hydrogen (secondary N) is 1. The predicted molar refractivity (Wildman–Crippen MR) is 93.6 cm³/mol. The molecule has 0 radical (unpaired) electrons. The van der Waals surface area contributed by atoms with Crippen molar-refractivity contribution >= 4 is 21.8 Å². The first kappa shape index (κ1) is 17.7. The SMILES string of the molecule is O=C(NCc1ccccc1)N1CCN(C(=O)[C@H]2CCS(=O)(=O)C2)CC1. The van der Waals surface area contributed by atoms with Gasteiger partial charge in [-0.2, -0.15) is 0 Å². The van der Waals surface area contributed by atoms with Gasteiger partial charge in [0.25, 0.3) is 0 Å². The van der Waals surface area contributed by atoms with Gasteiger partial charge >= 0.3 is 6.03 Å². The molecule has 0 aromatic heterocycles. The number of hydrogen-bond acceptors (Lipinski definition) is 4. The first-order chi connectivity index (χ1) is 11.9. The highest BCUT2D eigenvalue weighted by Crippen LogP contribution is 2.21. The second-order valence-corrected chi connectivity index (χ2v) is 8.79. The molecule has 0 saturated carbocycles. The highest BCUT2D eigenvalue weighted by Gasteiger charge is 2.36. The lowest BCUT2D eigenvalue weighted by molar-refractivity contribution is -0.136. The van der Waals surface area contributed by atoms with Crippen LogP contribution in [-0.2, 0) is 21.2 Å². The minimum atomic E-state index is -3.06. The van der Waals surface area contributed by atoms with Crippen molar-refractivity contribution in [1.82, 2.24) is 15.1 Å². The van der Waals surface area contributed by atoms with E-state index in [1.54, 1.807) is 9.80 Å². The van der Waals surface area contributed by atoms with E-state index in [9.17, 15) is 18.0 Å². The molecule has 2 heterocycles. The third kappa shape index (κ3) is 4.50. The Labute approximate surface area is 147 Å². The van der Waals surface area contributed by atoms with Crippen LogP contribution in [0.2, 0.25) is 0 Å². The predicted octanol–water partition coefficient (Wildman–Crippen LogP) is 0.475. The largest absolute Gasteiger partial charge is 0.339 e. The summed E-state index contributed by atoms with van der Waals surface area (Å²) in [5.41, 5.74) is 1.03. The fraction of sp³-hybridized carbons (Fsp3) is 0.529. The fourth-order valence-electron chi connectivity index (χ4n) is 3.26. The monoisotopic (exact) mass is 365 g/mol. The van der Waals surface area contributed by atoms with Crippen LogP contribution >= 0.6 is 0 Å². The summed E-state index contributed by atoms with van der Waals surface area (Å²) in [4.78, 5) is 28.0. The van der Waals surface area contributed by atoms with Crippen molar-refractivity contribution in [2.75, 3.05) is 37.7 Å². The lowest BCUT2D eigenvalue weighted by atomic mass is 10.1. The molecule has 8 heteroatoms. The molecule has 3 rings (SSSR count). The first-order valence-corrected chi connectivity index (χ1v) is 10.3. The van der Waals surface area contributed by atoms with E-state index in [4.69, 9.17) is 0 Å². The first-order valence-electron chi connectivity index (χ1n) is 8.50. The molecule has 1 aromatic rings. The maximum absolute atomic E-state index is 12.4. The van der Waals surface area contributed by atoms with Gasteiger partial charge in [-0.25, -0.2) is 13.2 Å². The summed E-state index contributed by atoms with van der Waals surface area (Å²) in [7, 11) is -3.06. The van der Waals surface area contributed by atoms with Crippen LogP contribution in [-0.4, -0.2) is 67.8 Å². The average molecular weight is 365 g/mol.